The van der Waals surface area contributed by atoms with Crippen LogP contribution in [0, 0.1) is 0 Å². The van der Waals surface area contributed by atoms with Gasteiger partial charge in [-0.25, -0.2) is 0 Å². The van der Waals surface area contributed by atoms with Gasteiger partial charge in [0.25, 0.3) is 5.91 Å². The predicted octanol–water partition coefficient (Wildman–Crippen LogP) is 3.28. The maximum absolute atomic E-state index is 12.2. The molecule has 0 unspecified atom stereocenters. The summed E-state index contributed by atoms with van der Waals surface area (Å²) in [6, 6.07) is 11.0. The van der Waals surface area contributed by atoms with Crippen LogP contribution in [-0.2, 0) is 6.54 Å². The molecule has 4 aromatic rings. The van der Waals surface area contributed by atoms with Crippen LogP contribution < -0.4 is 5.32 Å². The van der Waals surface area contributed by atoms with E-state index in [2.05, 4.69) is 19.0 Å². The van der Waals surface area contributed by atoms with Gasteiger partial charge in [-0.1, -0.05) is 6.07 Å². The number of aromatic nitrogens is 3. The first-order valence-electron chi connectivity index (χ1n) is 7.27. The van der Waals surface area contributed by atoms with Crippen molar-refractivity contribution in [2.24, 2.45) is 0 Å². The lowest BCUT2D eigenvalue weighted by Crippen LogP contribution is -2.22. The molecule has 6 nitrogen and oxygen atoms in total. The lowest BCUT2D eigenvalue weighted by atomic mass is 10.1. The highest BCUT2D eigenvalue weighted by atomic mass is 32.1. The van der Waals surface area contributed by atoms with Gasteiger partial charge in [0.2, 0.25) is 0 Å². The summed E-state index contributed by atoms with van der Waals surface area (Å²) in [4.78, 5) is 16.6. The summed E-state index contributed by atoms with van der Waals surface area (Å²) in [5.41, 5.74) is 4.79. The molecular weight excluding hydrogens is 324 g/mol. The van der Waals surface area contributed by atoms with Gasteiger partial charge in [0.15, 0.2) is 0 Å². The van der Waals surface area contributed by atoms with Crippen LogP contribution in [-0.4, -0.2) is 19.6 Å². The average Bonchev–Trinajstić information content (AvgIpc) is 3.30. The number of fused-ring (bicyclic) bond motifs is 1. The largest absolute Gasteiger partial charge is 0.472 e. The summed E-state index contributed by atoms with van der Waals surface area (Å²) in [7, 11) is 0. The number of pyridine rings is 1. The van der Waals surface area contributed by atoms with Gasteiger partial charge in [-0.2, -0.15) is 8.75 Å². The van der Waals surface area contributed by atoms with Crippen molar-refractivity contribution in [1.29, 1.82) is 0 Å². The number of carbonyl (C=O) groups excluding carboxylic acids is 1. The van der Waals surface area contributed by atoms with Crippen molar-refractivity contribution in [1.82, 2.24) is 19.0 Å². The second-order valence-corrected chi connectivity index (χ2v) is 5.74. The molecule has 0 saturated carbocycles. The van der Waals surface area contributed by atoms with Gasteiger partial charge < -0.3 is 9.73 Å². The first kappa shape index (κ1) is 14.5. The molecule has 1 aromatic carbocycles. The van der Waals surface area contributed by atoms with Gasteiger partial charge >= 0.3 is 0 Å². The van der Waals surface area contributed by atoms with E-state index in [1.807, 2.05) is 18.2 Å². The summed E-state index contributed by atoms with van der Waals surface area (Å²) < 4.78 is 13.3. The molecule has 1 amide bonds. The third kappa shape index (κ3) is 2.89. The summed E-state index contributed by atoms with van der Waals surface area (Å²) in [5, 5.41) is 2.88. The topological polar surface area (TPSA) is 80.9 Å². The molecule has 0 bridgehead atoms. The van der Waals surface area contributed by atoms with Crippen LogP contribution in [0.5, 0.6) is 0 Å². The standard InChI is InChI=1S/C17H12N4O2S/c22-17(12-2-4-15-16(7-12)21-24-20-15)19-9-11-1-3-14(18-8-11)13-5-6-23-10-13/h1-8,10H,9H2,(H,19,22). The third-order valence-electron chi connectivity index (χ3n) is 3.61. The number of furan rings is 1. The molecule has 0 atom stereocenters. The molecule has 24 heavy (non-hydrogen) atoms. The summed E-state index contributed by atoms with van der Waals surface area (Å²) >= 11 is 1.14. The second-order valence-electron chi connectivity index (χ2n) is 5.21. The van der Waals surface area contributed by atoms with E-state index in [9.17, 15) is 4.79 Å². The van der Waals surface area contributed by atoms with Crippen LogP contribution in [0.4, 0.5) is 0 Å². The highest BCUT2D eigenvalue weighted by molar-refractivity contribution is 7.00. The van der Waals surface area contributed by atoms with E-state index in [-0.39, 0.29) is 5.91 Å². The average molecular weight is 336 g/mol. The number of nitrogens with zero attached hydrogens (tertiary/aromatic N) is 3. The Morgan fingerprint density at radius 2 is 2.04 bits per heavy atom. The van der Waals surface area contributed by atoms with Crippen LogP contribution in [0.25, 0.3) is 22.3 Å². The predicted molar refractivity (Wildman–Crippen MR) is 90.5 cm³/mol. The van der Waals surface area contributed by atoms with Gasteiger partial charge in [0, 0.05) is 23.9 Å². The normalized spacial score (nSPS) is 10.8. The molecule has 0 aliphatic rings. The van der Waals surface area contributed by atoms with Crippen molar-refractivity contribution in [2.75, 3.05) is 0 Å². The zero-order valence-corrected chi connectivity index (χ0v) is 13.3. The minimum absolute atomic E-state index is 0.149. The van der Waals surface area contributed by atoms with Crippen molar-refractivity contribution < 1.29 is 9.21 Å². The number of nitrogens with one attached hydrogen (secondary N) is 1. The van der Waals surface area contributed by atoms with E-state index < -0.39 is 0 Å². The van der Waals surface area contributed by atoms with E-state index in [0.29, 0.717) is 12.1 Å². The Bertz CT molecular complexity index is 977. The monoisotopic (exact) mass is 336 g/mol. The van der Waals surface area contributed by atoms with Gasteiger partial charge in [0.1, 0.15) is 11.0 Å². The molecule has 0 saturated heterocycles. The number of rotatable bonds is 4. The molecule has 4 rings (SSSR count). The first-order chi connectivity index (χ1) is 11.8. The van der Waals surface area contributed by atoms with Crippen molar-refractivity contribution >= 4 is 28.7 Å². The fraction of sp³-hybridized carbons (Fsp3) is 0.0588. The first-order valence-corrected chi connectivity index (χ1v) is 8.01. The molecule has 3 aromatic heterocycles. The van der Waals surface area contributed by atoms with E-state index in [4.69, 9.17) is 4.42 Å². The molecular formula is C17H12N4O2S. The summed E-state index contributed by atoms with van der Waals surface area (Å²) in [6.45, 7) is 0.408. The summed E-state index contributed by atoms with van der Waals surface area (Å²) in [5.74, 6) is -0.149. The third-order valence-corrected chi connectivity index (χ3v) is 4.17. The Balaban J connectivity index is 1.43. The lowest BCUT2D eigenvalue weighted by molar-refractivity contribution is 0.0951. The van der Waals surface area contributed by atoms with E-state index in [1.54, 1.807) is 36.9 Å². The van der Waals surface area contributed by atoms with Gasteiger partial charge in [-0.3, -0.25) is 9.78 Å². The van der Waals surface area contributed by atoms with Gasteiger partial charge in [-0.15, -0.1) is 0 Å². The number of hydrogen-bond acceptors (Lipinski definition) is 6. The molecule has 0 aliphatic carbocycles. The van der Waals surface area contributed by atoms with Crippen molar-refractivity contribution in [2.45, 2.75) is 6.54 Å². The highest BCUT2D eigenvalue weighted by Crippen LogP contribution is 2.17. The quantitative estimate of drug-likeness (QED) is 0.618. The van der Waals surface area contributed by atoms with Crippen LogP contribution in [0.2, 0.25) is 0 Å². The molecule has 0 radical (unpaired) electrons. The van der Waals surface area contributed by atoms with E-state index in [0.717, 1.165) is 39.6 Å². The highest BCUT2D eigenvalue weighted by Gasteiger charge is 2.08. The summed E-state index contributed by atoms with van der Waals surface area (Å²) in [6.07, 6.45) is 5.00. The molecule has 0 fully saturated rings. The molecule has 1 N–H and O–H groups in total. The zero-order chi connectivity index (χ0) is 16.4. The molecule has 7 heteroatoms. The Kier molecular flexibility index (Phi) is 3.76. The minimum Gasteiger partial charge on any atom is -0.472 e. The Morgan fingerprint density at radius 3 is 2.83 bits per heavy atom. The number of benzene rings is 1. The molecule has 0 spiro atoms. The van der Waals surface area contributed by atoms with Crippen LogP contribution in [0.3, 0.4) is 0 Å². The fourth-order valence-electron chi connectivity index (χ4n) is 2.32. The lowest BCUT2D eigenvalue weighted by Gasteiger charge is -2.06. The van der Waals surface area contributed by atoms with Crippen LogP contribution >= 0.6 is 11.7 Å². The maximum Gasteiger partial charge on any atom is 0.251 e. The molecule has 118 valence electrons. The van der Waals surface area contributed by atoms with Crippen molar-refractivity contribution in [3.63, 3.8) is 0 Å². The van der Waals surface area contributed by atoms with Gasteiger partial charge in [-0.05, 0) is 35.9 Å². The zero-order valence-electron chi connectivity index (χ0n) is 12.5. The Labute approximate surface area is 141 Å². The Hall–Kier alpha value is -3.06. The molecule has 0 aliphatic heterocycles. The van der Waals surface area contributed by atoms with E-state index >= 15 is 0 Å². The van der Waals surface area contributed by atoms with Crippen molar-refractivity contribution in [3.05, 3.63) is 66.2 Å². The van der Waals surface area contributed by atoms with Crippen molar-refractivity contribution in [3.8, 4) is 11.3 Å². The number of hydrogen-bond donors (Lipinski definition) is 1. The van der Waals surface area contributed by atoms with E-state index in [1.165, 1.54) is 0 Å². The smallest absolute Gasteiger partial charge is 0.251 e. The minimum atomic E-state index is -0.149. The SMILES string of the molecule is O=C(NCc1ccc(-c2ccoc2)nc1)c1ccc2nsnc2c1. The number of amides is 1. The van der Waals surface area contributed by atoms with Crippen LogP contribution in [0.1, 0.15) is 15.9 Å². The second kappa shape index (κ2) is 6.21. The van der Waals surface area contributed by atoms with Gasteiger partial charge in [0.05, 0.1) is 29.9 Å². The Morgan fingerprint density at radius 1 is 1.12 bits per heavy atom. The maximum atomic E-state index is 12.2. The fourth-order valence-corrected chi connectivity index (χ4v) is 2.84. The molecule has 3 heterocycles. The number of carbonyl (C=O) groups is 1. The van der Waals surface area contributed by atoms with Crippen LogP contribution in [0.15, 0.2) is 59.5 Å².